The van der Waals surface area contributed by atoms with Crippen LogP contribution in [0.2, 0.25) is 10.3 Å². The number of hydrogen-bond acceptors (Lipinski definition) is 4. The number of benzene rings is 1. The van der Waals surface area contributed by atoms with Crippen LogP contribution in [0.4, 0.5) is 0 Å². The average Bonchev–Trinajstić information content (AvgIpc) is 2.47. The van der Waals surface area contributed by atoms with E-state index in [1.54, 1.807) is 31.2 Å². The third kappa shape index (κ3) is 4.14. The Labute approximate surface area is 131 Å². The molecule has 7 heteroatoms. The Kier molecular flexibility index (Phi) is 5.12. The molecule has 0 bridgehead atoms. The van der Waals surface area contributed by atoms with Gasteiger partial charge >= 0.3 is 0 Å². The highest BCUT2D eigenvalue weighted by molar-refractivity contribution is 6.30. The van der Waals surface area contributed by atoms with Gasteiger partial charge in [0.1, 0.15) is 5.69 Å². The van der Waals surface area contributed by atoms with Gasteiger partial charge in [-0.2, -0.15) is 0 Å². The fourth-order valence-corrected chi connectivity index (χ4v) is 1.95. The molecule has 0 saturated carbocycles. The van der Waals surface area contributed by atoms with E-state index in [0.717, 1.165) is 5.56 Å². The van der Waals surface area contributed by atoms with Crippen LogP contribution >= 0.6 is 23.2 Å². The van der Waals surface area contributed by atoms with Gasteiger partial charge in [-0.3, -0.25) is 4.79 Å². The predicted octanol–water partition coefficient (Wildman–Crippen LogP) is 2.56. The zero-order valence-electron chi connectivity index (χ0n) is 11.2. The van der Waals surface area contributed by atoms with E-state index in [9.17, 15) is 4.79 Å². The summed E-state index contributed by atoms with van der Waals surface area (Å²) in [5, 5.41) is 12.1. The van der Waals surface area contributed by atoms with E-state index in [4.69, 9.17) is 28.3 Å². The van der Waals surface area contributed by atoms with Crippen molar-refractivity contribution in [1.82, 2.24) is 15.3 Å². The van der Waals surface area contributed by atoms with Crippen molar-refractivity contribution in [3.63, 3.8) is 0 Å². The molecule has 110 valence electrons. The molecule has 0 spiro atoms. The van der Waals surface area contributed by atoms with E-state index in [2.05, 4.69) is 15.3 Å². The van der Waals surface area contributed by atoms with Crippen LogP contribution in [0.15, 0.2) is 30.3 Å². The van der Waals surface area contributed by atoms with Crippen molar-refractivity contribution in [2.75, 3.05) is 6.61 Å². The number of carbonyl (C=O) groups is 1. The van der Waals surface area contributed by atoms with Gasteiger partial charge in [-0.1, -0.05) is 23.7 Å². The second kappa shape index (κ2) is 6.85. The molecular weight excluding hydrogens is 313 g/mol. The van der Waals surface area contributed by atoms with Crippen LogP contribution in [0.1, 0.15) is 17.4 Å². The number of hydrogen-bond donors (Lipinski definition) is 2. The summed E-state index contributed by atoms with van der Waals surface area (Å²) in [5.41, 5.74) is 1.43. The van der Waals surface area contributed by atoms with Crippen LogP contribution in [-0.2, 0) is 0 Å². The number of aliphatic hydroxyl groups is 1. The summed E-state index contributed by atoms with van der Waals surface area (Å²) in [6.07, 6.45) is 0. The molecule has 1 amide bonds. The molecular formula is C14H13Cl2N3O2. The van der Waals surface area contributed by atoms with Crippen molar-refractivity contribution in [1.29, 1.82) is 0 Å². The highest BCUT2D eigenvalue weighted by Crippen LogP contribution is 2.21. The standard InChI is InChI=1S/C14H13Cl2N3O2/c1-8(7-20)17-13(21)12-6-11(18-14(16)19-12)9-2-4-10(15)5-3-9/h2-6,8,20H,7H2,1H3,(H,17,21)/t8-/m0/s1. The molecule has 2 N–H and O–H groups in total. The van der Waals surface area contributed by atoms with E-state index in [-0.39, 0.29) is 23.6 Å². The number of nitrogens with zero attached hydrogens (tertiary/aromatic N) is 2. The summed E-state index contributed by atoms with van der Waals surface area (Å²) in [5.74, 6) is -0.420. The molecule has 2 aromatic rings. The molecule has 0 unspecified atom stereocenters. The van der Waals surface area contributed by atoms with Crippen molar-refractivity contribution in [2.45, 2.75) is 13.0 Å². The van der Waals surface area contributed by atoms with Crippen molar-refractivity contribution >= 4 is 29.1 Å². The molecule has 1 aromatic carbocycles. The lowest BCUT2D eigenvalue weighted by Gasteiger charge is -2.11. The van der Waals surface area contributed by atoms with Gasteiger partial charge in [0.2, 0.25) is 5.28 Å². The lowest BCUT2D eigenvalue weighted by Crippen LogP contribution is -2.35. The van der Waals surface area contributed by atoms with E-state index in [0.29, 0.717) is 10.7 Å². The van der Waals surface area contributed by atoms with Crippen molar-refractivity contribution < 1.29 is 9.90 Å². The molecule has 0 aliphatic heterocycles. The quantitative estimate of drug-likeness (QED) is 0.847. The van der Waals surface area contributed by atoms with Gasteiger partial charge < -0.3 is 10.4 Å². The predicted molar refractivity (Wildman–Crippen MR) is 81.5 cm³/mol. The topological polar surface area (TPSA) is 75.1 Å². The smallest absolute Gasteiger partial charge is 0.270 e. The zero-order chi connectivity index (χ0) is 15.4. The van der Waals surface area contributed by atoms with Crippen LogP contribution in [0, 0.1) is 0 Å². The number of nitrogens with one attached hydrogen (secondary N) is 1. The summed E-state index contributed by atoms with van der Waals surface area (Å²) >= 11 is 11.7. The molecule has 0 fully saturated rings. The Balaban J connectivity index is 2.33. The highest BCUT2D eigenvalue weighted by atomic mass is 35.5. The first kappa shape index (κ1) is 15.7. The van der Waals surface area contributed by atoms with Gasteiger partial charge in [-0.15, -0.1) is 0 Å². The van der Waals surface area contributed by atoms with Crippen LogP contribution in [0.3, 0.4) is 0 Å². The zero-order valence-corrected chi connectivity index (χ0v) is 12.7. The van der Waals surface area contributed by atoms with Crippen LogP contribution in [0.25, 0.3) is 11.3 Å². The average molecular weight is 326 g/mol. The number of amides is 1. The first-order chi connectivity index (χ1) is 9.99. The van der Waals surface area contributed by atoms with Gasteiger partial charge in [-0.25, -0.2) is 9.97 Å². The number of halogens is 2. The minimum atomic E-state index is -0.420. The molecule has 1 atom stereocenters. The summed E-state index contributed by atoms with van der Waals surface area (Å²) in [4.78, 5) is 20.0. The maximum atomic E-state index is 12.0. The molecule has 0 aliphatic rings. The van der Waals surface area contributed by atoms with Crippen LogP contribution in [-0.4, -0.2) is 33.6 Å². The number of aliphatic hydroxyl groups excluding tert-OH is 1. The van der Waals surface area contributed by atoms with Crippen molar-refractivity contribution in [2.24, 2.45) is 0 Å². The maximum Gasteiger partial charge on any atom is 0.270 e. The lowest BCUT2D eigenvalue weighted by molar-refractivity contribution is 0.0917. The van der Waals surface area contributed by atoms with Gasteiger partial charge in [0.25, 0.3) is 5.91 Å². The van der Waals surface area contributed by atoms with E-state index < -0.39 is 5.91 Å². The third-order valence-electron chi connectivity index (χ3n) is 2.72. The fourth-order valence-electron chi connectivity index (χ4n) is 1.65. The lowest BCUT2D eigenvalue weighted by atomic mass is 10.1. The Morgan fingerprint density at radius 2 is 1.95 bits per heavy atom. The Hall–Kier alpha value is -1.69. The normalized spacial score (nSPS) is 12.0. The van der Waals surface area contributed by atoms with E-state index in [1.165, 1.54) is 6.07 Å². The third-order valence-corrected chi connectivity index (χ3v) is 3.14. The van der Waals surface area contributed by atoms with Crippen molar-refractivity contribution in [3.05, 3.63) is 46.3 Å². The molecule has 0 radical (unpaired) electrons. The summed E-state index contributed by atoms with van der Waals surface area (Å²) < 4.78 is 0. The first-order valence-corrected chi connectivity index (χ1v) is 6.97. The Bertz CT molecular complexity index is 647. The minimum Gasteiger partial charge on any atom is -0.394 e. The molecule has 0 saturated heterocycles. The maximum absolute atomic E-state index is 12.0. The van der Waals surface area contributed by atoms with Crippen molar-refractivity contribution in [3.8, 4) is 11.3 Å². The van der Waals surface area contributed by atoms with E-state index >= 15 is 0 Å². The number of carbonyl (C=O) groups excluding carboxylic acids is 1. The minimum absolute atomic E-state index is 0.0238. The van der Waals surface area contributed by atoms with Gasteiger partial charge in [-0.05, 0) is 36.7 Å². The first-order valence-electron chi connectivity index (χ1n) is 6.22. The molecule has 1 heterocycles. The van der Waals surface area contributed by atoms with E-state index in [1.807, 2.05) is 0 Å². The van der Waals surface area contributed by atoms with Crippen LogP contribution < -0.4 is 5.32 Å². The van der Waals surface area contributed by atoms with Gasteiger partial charge in [0, 0.05) is 16.6 Å². The molecule has 1 aromatic heterocycles. The summed E-state index contributed by atoms with van der Waals surface area (Å²) in [6.45, 7) is 1.52. The van der Waals surface area contributed by atoms with Crippen LogP contribution in [0.5, 0.6) is 0 Å². The number of aromatic nitrogens is 2. The Morgan fingerprint density at radius 1 is 1.29 bits per heavy atom. The largest absolute Gasteiger partial charge is 0.394 e. The number of rotatable bonds is 4. The van der Waals surface area contributed by atoms with Gasteiger partial charge in [0.05, 0.1) is 12.3 Å². The molecule has 21 heavy (non-hydrogen) atoms. The monoisotopic (exact) mass is 325 g/mol. The fraction of sp³-hybridized carbons (Fsp3) is 0.214. The Morgan fingerprint density at radius 3 is 2.57 bits per heavy atom. The summed E-state index contributed by atoms with van der Waals surface area (Å²) in [7, 11) is 0. The molecule has 5 nitrogen and oxygen atoms in total. The molecule has 2 rings (SSSR count). The second-order valence-corrected chi connectivity index (χ2v) is 5.25. The van der Waals surface area contributed by atoms with Gasteiger partial charge in [0.15, 0.2) is 0 Å². The SMILES string of the molecule is C[C@@H](CO)NC(=O)c1cc(-c2ccc(Cl)cc2)nc(Cl)n1. The highest BCUT2D eigenvalue weighted by Gasteiger charge is 2.14. The summed E-state index contributed by atoms with van der Waals surface area (Å²) in [6, 6.07) is 8.17. The second-order valence-electron chi connectivity index (χ2n) is 4.47. The molecule has 0 aliphatic carbocycles.